The Morgan fingerprint density at radius 2 is 1.69 bits per heavy atom. The number of nitro benzene ring substituents is 1. The van der Waals surface area contributed by atoms with E-state index < -0.39 is 11.0 Å². The summed E-state index contributed by atoms with van der Waals surface area (Å²) in [4.78, 5) is 30.1. The second-order valence-corrected chi connectivity index (χ2v) is 10.5. The first-order valence-electron chi connectivity index (χ1n) is 13.8. The lowest BCUT2D eigenvalue weighted by atomic mass is 10.0. The number of hydrogen-bond donors (Lipinski definition) is 1. The van der Waals surface area contributed by atoms with Crippen LogP contribution in [0.25, 0.3) is 11.1 Å². The molecule has 216 valence electrons. The van der Waals surface area contributed by atoms with Crippen molar-refractivity contribution < 1.29 is 19.2 Å². The van der Waals surface area contributed by atoms with Gasteiger partial charge in [0.15, 0.2) is 0 Å². The Bertz CT molecular complexity index is 1490. The fourth-order valence-corrected chi connectivity index (χ4v) is 4.98. The van der Waals surface area contributed by atoms with Crippen molar-refractivity contribution in [2.45, 2.75) is 31.9 Å². The van der Waals surface area contributed by atoms with Crippen molar-refractivity contribution >= 4 is 23.4 Å². The molecule has 2 heterocycles. The van der Waals surface area contributed by atoms with E-state index in [1.54, 1.807) is 36.5 Å². The predicted molar refractivity (Wildman–Crippen MR) is 161 cm³/mol. The highest BCUT2D eigenvalue weighted by Gasteiger charge is 2.21. The third kappa shape index (κ3) is 8.05. The molecule has 1 N–H and O–H groups in total. The first-order chi connectivity index (χ1) is 20.4. The van der Waals surface area contributed by atoms with Crippen molar-refractivity contribution in [1.29, 1.82) is 0 Å². The Hall–Kier alpha value is -4.47. The highest BCUT2D eigenvalue weighted by atomic mass is 35.5. The second kappa shape index (κ2) is 13.9. The number of benzene rings is 3. The molecule has 42 heavy (non-hydrogen) atoms. The Balaban J connectivity index is 1.06. The molecule has 0 bridgehead atoms. The Morgan fingerprint density at radius 3 is 2.38 bits per heavy atom. The van der Waals surface area contributed by atoms with Crippen LogP contribution in [0.15, 0.2) is 91.1 Å². The first-order valence-corrected chi connectivity index (χ1v) is 14.2. The zero-order chi connectivity index (χ0) is 29.3. The molecule has 1 aliphatic heterocycles. The van der Waals surface area contributed by atoms with Crippen molar-refractivity contribution in [2.24, 2.45) is 0 Å². The number of nitrogens with one attached hydrogen (secondary N) is 1. The van der Waals surface area contributed by atoms with Crippen LogP contribution in [0.4, 0.5) is 10.5 Å². The van der Waals surface area contributed by atoms with Crippen LogP contribution in [0.5, 0.6) is 11.6 Å². The van der Waals surface area contributed by atoms with Gasteiger partial charge in [-0.15, -0.1) is 0 Å². The van der Waals surface area contributed by atoms with Crippen LogP contribution in [0.1, 0.15) is 24.0 Å². The number of ether oxygens (including phenoxy) is 2. The third-order valence-electron chi connectivity index (χ3n) is 7.11. The van der Waals surface area contributed by atoms with Gasteiger partial charge in [-0.2, -0.15) is 0 Å². The average molecular weight is 587 g/mol. The number of hydrogen-bond acceptors (Lipinski definition) is 7. The lowest BCUT2D eigenvalue weighted by Gasteiger charge is -2.31. The van der Waals surface area contributed by atoms with Gasteiger partial charge in [0.05, 0.1) is 4.92 Å². The summed E-state index contributed by atoms with van der Waals surface area (Å²) in [6, 6.07) is 25.4. The van der Waals surface area contributed by atoms with Gasteiger partial charge in [-0.25, -0.2) is 9.78 Å². The van der Waals surface area contributed by atoms with E-state index in [2.05, 4.69) is 39.5 Å². The molecule has 5 rings (SSSR count). The van der Waals surface area contributed by atoms with Crippen LogP contribution in [-0.2, 0) is 13.0 Å². The highest BCUT2D eigenvalue weighted by Crippen LogP contribution is 2.33. The van der Waals surface area contributed by atoms with Gasteiger partial charge in [0, 0.05) is 49.5 Å². The number of pyridine rings is 1. The fraction of sp³-hybridized carbons (Fsp3) is 0.250. The molecule has 1 saturated heterocycles. The number of halogens is 1. The number of nitro groups is 1. The molecule has 10 heteroatoms. The minimum atomic E-state index is -0.746. The summed E-state index contributed by atoms with van der Waals surface area (Å²) in [5.74, 6) is 0.561. The van der Waals surface area contributed by atoms with Crippen molar-refractivity contribution in [3.63, 3.8) is 0 Å². The fourth-order valence-electron chi connectivity index (χ4n) is 4.86. The van der Waals surface area contributed by atoms with E-state index in [4.69, 9.17) is 21.1 Å². The van der Waals surface area contributed by atoms with E-state index in [9.17, 15) is 14.9 Å². The van der Waals surface area contributed by atoms with Gasteiger partial charge in [-0.1, -0.05) is 60.1 Å². The monoisotopic (exact) mass is 586 g/mol. The number of carbonyl (C=O) groups excluding carboxylic acids is 1. The maximum Gasteiger partial charge on any atom is 0.412 e. The molecule has 0 aliphatic carbocycles. The Kier molecular flexibility index (Phi) is 9.63. The van der Waals surface area contributed by atoms with Crippen molar-refractivity contribution in [1.82, 2.24) is 15.2 Å². The molecule has 1 fully saturated rings. The number of amides is 1. The van der Waals surface area contributed by atoms with E-state index >= 15 is 0 Å². The van der Waals surface area contributed by atoms with Gasteiger partial charge in [-0.3, -0.25) is 15.0 Å². The van der Waals surface area contributed by atoms with Gasteiger partial charge in [0.1, 0.15) is 6.10 Å². The molecule has 1 aromatic heterocycles. The van der Waals surface area contributed by atoms with E-state index in [1.165, 1.54) is 17.7 Å². The number of rotatable bonds is 10. The molecular formula is C32H31ClN4O5. The van der Waals surface area contributed by atoms with Crippen LogP contribution in [0.2, 0.25) is 5.02 Å². The van der Waals surface area contributed by atoms with Crippen LogP contribution < -0.4 is 14.8 Å². The molecule has 0 radical (unpaired) electrons. The van der Waals surface area contributed by atoms with Crippen LogP contribution in [0, 0.1) is 10.1 Å². The summed E-state index contributed by atoms with van der Waals surface area (Å²) in [6.45, 7) is 3.13. The third-order valence-corrected chi connectivity index (χ3v) is 7.36. The largest absolute Gasteiger partial charge is 0.474 e. The van der Waals surface area contributed by atoms with Crippen molar-refractivity contribution in [3.05, 3.63) is 117 Å². The maximum absolute atomic E-state index is 12.4. The minimum Gasteiger partial charge on any atom is -0.474 e. The van der Waals surface area contributed by atoms with Crippen LogP contribution >= 0.6 is 11.6 Å². The summed E-state index contributed by atoms with van der Waals surface area (Å²) >= 11 is 5.93. The molecule has 3 aromatic carbocycles. The molecule has 0 spiro atoms. The van der Waals surface area contributed by atoms with E-state index in [0.29, 0.717) is 29.4 Å². The van der Waals surface area contributed by atoms with Gasteiger partial charge in [0.2, 0.25) is 11.6 Å². The van der Waals surface area contributed by atoms with Gasteiger partial charge >= 0.3 is 11.8 Å². The van der Waals surface area contributed by atoms with E-state index in [0.717, 1.165) is 43.6 Å². The summed E-state index contributed by atoms with van der Waals surface area (Å²) in [6.07, 6.45) is 3.72. The van der Waals surface area contributed by atoms with Crippen molar-refractivity contribution in [3.8, 4) is 22.8 Å². The highest BCUT2D eigenvalue weighted by molar-refractivity contribution is 6.30. The normalized spacial score (nSPS) is 13.8. The molecule has 1 amide bonds. The van der Waals surface area contributed by atoms with E-state index in [1.807, 2.05) is 18.2 Å². The number of likely N-dealkylation sites (tertiary alicyclic amines) is 1. The molecule has 9 nitrogen and oxygen atoms in total. The van der Waals surface area contributed by atoms with Crippen LogP contribution in [0.3, 0.4) is 0 Å². The maximum atomic E-state index is 12.4. The van der Waals surface area contributed by atoms with Gasteiger partial charge < -0.3 is 14.8 Å². The van der Waals surface area contributed by atoms with Gasteiger partial charge in [-0.05, 0) is 65.8 Å². The zero-order valence-corrected chi connectivity index (χ0v) is 23.7. The molecule has 0 atom stereocenters. The molecule has 4 aromatic rings. The standard InChI is InChI=1S/C32H31ClN4O5/c33-27-11-8-25(9-12-27)26-10-13-30(29(21-26)37(39)40)42-32(38)35-18-14-23-4-6-24(7-5-23)22-36-19-15-28(16-20-36)41-31-3-1-2-17-34-31/h1-13,17,21,28H,14-16,18-20,22H2,(H,35,38). The van der Waals surface area contributed by atoms with Crippen LogP contribution in [-0.4, -0.2) is 46.6 Å². The Labute approximate surface area is 249 Å². The van der Waals surface area contributed by atoms with E-state index in [-0.39, 0.29) is 17.5 Å². The number of piperidine rings is 1. The second-order valence-electron chi connectivity index (χ2n) is 10.1. The number of aromatic nitrogens is 1. The lowest BCUT2D eigenvalue weighted by Crippen LogP contribution is -2.37. The summed E-state index contributed by atoms with van der Waals surface area (Å²) in [5, 5.41) is 14.9. The molecule has 1 aliphatic rings. The molecule has 0 unspecified atom stereocenters. The summed E-state index contributed by atoms with van der Waals surface area (Å²) < 4.78 is 11.3. The predicted octanol–water partition coefficient (Wildman–Crippen LogP) is 6.68. The van der Waals surface area contributed by atoms with Gasteiger partial charge in [0.25, 0.3) is 0 Å². The average Bonchev–Trinajstić information content (AvgIpc) is 3.00. The number of carbonyl (C=O) groups is 1. The zero-order valence-electron chi connectivity index (χ0n) is 22.9. The Morgan fingerprint density at radius 1 is 0.976 bits per heavy atom. The number of nitrogens with zero attached hydrogens (tertiary/aromatic N) is 3. The minimum absolute atomic E-state index is 0.119. The van der Waals surface area contributed by atoms with Crippen molar-refractivity contribution in [2.75, 3.05) is 19.6 Å². The summed E-state index contributed by atoms with van der Waals surface area (Å²) in [5.41, 5.74) is 3.39. The smallest absolute Gasteiger partial charge is 0.412 e. The molecular weight excluding hydrogens is 556 g/mol. The summed E-state index contributed by atoms with van der Waals surface area (Å²) in [7, 11) is 0. The first kappa shape index (κ1) is 29.0. The quantitative estimate of drug-likeness (QED) is 0.163. The SMILES string of the molecule is O=C(NCCc1ccc(CN2CCC(Oc3ccccn3)CC2)cc1)Oc1ccc(-c2ccc(Cl)cc2)cc1[N+](=O)[O-]. The molecule has 0 saturated carbocycles. The lowest BCUT2D eigenvalue weighted by molar-refractivity contribution is -0.385. The topological polar surface area (TPSA) is 107 Å².